The van der Waals surface area contributed by atoms with E-state index in [1.807, 2.05) is 0 Å². The van der Waals surface area contributed by atoms with E-state index in [0.717, 1.165) is 0 Å². The van der Waals surface area contributed by atoms with Gasteiger partial charge < -0.3 is 10.5 Å². The van der Waals surface area contributed by atoms with Crippen LogP contribution in [-0.4, -0.2) is 6.98 Å². The Bertz CT molecular complexity index is 455. The third-order valence-electron chi connectivity index (χ3n) is 2.65. The molecule has 2 nitrogen and oxygen atoms in total. The summed E-state index contributed by atoms with van der Waals surface area (Å²) in [6.07, 6.45) is 0. The minimum atomic E-state index is 0.301. The van der Waals surface area contributed by atoms with Gasteiger partial charge in [0, 0.05) is 16.8 Å². The zero-order valence-corrected chi connectivity index (χ0v) is 8.04. The lowest BCUT2D eigenvalue weighted by atomic mass is 9.77. The molecule has 0 radical (unpaired) electrons. The molecule has 1 heterocycles. The van der Waals surface area contributed by atoms with Gasteiger partial charge in [0.2, 0.25) is 0 Å². The Labute approximate surface area is 83.4 Å². The molecule has 0 saturated carbocycles. The quantitative estimate of drug-likeness (QED) is 0.612. The standard InChI is InChI=1S/C11H11BN2/c1-12-13-9-6-2-4-8-5-3-7-10(14-12)11(8)9/h2-7,13-14H,1H3. The monoisotopic (exact) mass is 182 g/mol. The van der Waals surface area contributed by atoms with Crippen LogP contribution in [0.25, 0.3) is 10.8 Å². The van der Waals surface area contributed by atoms with Gasteiger partial charge >= 0.3 is 6.98 Å². The van der Waals surface area contributed by atoms with Gasteiger partial charge in [0.05, 0.1) is 0 Å². The summed E-state index contributed by atoms with van der Waals surface area (Å²) in [5.41, 5.74) is 2.45. The third-order valence-corrected chi connectivity index (χ3v) is 2.65. The Morgan fingerprint density at radius 2 is 1.50 bits per heavy atom. The smallest absolute Gasteiger partial charge is 0.366 e. The van der Waals surface area contributed by atoms with Crippen LogP contribution in [0.5, 0.6) is 0 Å². The normalized spacial score (nSPS) is 13.6. The maximum atomic E-state index is 3.41. The highest BCUT2D eigenvalue weighted by atomic mass is 15.0. The van der Waals surface area contributed by atoms with Crippen molar-refractivity contribution in [2.45, 2.75) is 6.82 Å². The van der Waals surface area contributed by atoms with E-state index in [2.05, 4.69) is 53.7 Å². The Morgan fingerprint density at radius 3 is 2.07 bits per heavy atom. The number of rotatable bonds is 0. The van der Waals surface area contributed by atoms with Gasteiger partial charge in [-0.15, -0.1) is 0 Å². The van der Waals surface area contributed by atoms with Crippen LogP contribution in [0.4, 0.5) is 11.4 Å². The first-order valence-electron chi connectivity index (χ1n) is 4.89. The summed E-state index contributed by atoms with van der Waals surface area (Å²) in [5, 5.41) is 9.41. The van der Waals surface area contributed by atoms with Crippen molar-refractivity contribution < 1.29 is 0 Å². The van der Waals surface area contributed by atoms with E-state index in [-0.39, 0.29) is 0 Å². The fourth-order valence-corrected chi connectivity index (χ4v) is 2.08. The molecule has 14 heavy (non-hydrogen) atoms. The highest BCUT2D eigenvalue weighted by Gasteiger charge is 2.17. The van der Waals surface area contributed by atoms with Crippen molar-refractivity contribution in [3.05, 3.63) is 36.4 Å². The molecule has 68 valence electrons. The maximum Gasteiger partial charge on any atom is 0.366 e. The van der Waals surface area contributed by atoms with E-state index in [1.54, 1.807) is 0 Å². The lowest BCUT2D eigenvalue weighted by Gasteiger charge is -2.24. The molecule has 2 N–H and O–H groups in total. The topological polar surface area (TPSA) is 24.1 Å². The minimum Gasteiger partial charge on any atom is -0.409 e. The molecule has 2 aromatic rings. The molecule has 3 heteroatoms. The van der Waals surface area contributed by atoms with Crippen molar-refractivity contribution in [2.75, 3.05) is 10.5 Å². The van der Waals surface area contributed by atoms with Gasteiger partial charge in [0.25, 0.3) is 0 Å². The zero-order chi connectivity index (χ0) is 9.54. The van der Waals surface area contributed by atoms with Gasteiger partial charge in [-0.05, 0) is 24.3 Å². The molecule has 0 amide bonds. The Hall–Kier alpha value is -1.64. The number of hydrogen-bond acceptors (Lipinski definition) is 2. The molecule has 0 bridgehead atoms. The molecule has 2 aromatic carbocycles. The van der Waals surface area contributed by atoms with E-state index in [4.69, 9.17) is 0 Å². The van der Waals surface area contributed by atoms with Gasteiger partial charge in [-0.25, -0.2) is 0 Å². The van der Waals surface area contributed by atoms with Crippen LogP contribution >= 0.6 is 0 Å². The molecule has 0 aliphatic carbocycles. The van der Waals surface area contributed by atoms with Gasteiger partial charge in [-0.3, -0.25) is 0 Å². The Balaban J connectivity index is 2.40. The molecule has 0 aromatic heterocycles. The fraction of sp³-hybridized carbons (Fsp3) is 0.0909. The van der Waals surface area contributed by atoms with Gasteiger partial charge in [-0.1, -0.05) is 24.3 Å². The summed E-state index contributed by atoms with van der Waals surface area (Å²) >= 11 is 0. The van der Waals surface area contributed by atoms with Crippen molar-refractivity contribution >= 4 is 29.1 Å². The SMILES string of the molecule is CB1Nc2cccc3cccc(c23)N1. The average Bonchev–Trinajstić information content (AvgIpc) is 2.18. The van der Waals surface area contributed by atoms with Gasteiger partial charge in [0.15, 0.2) is 0 Å². The molecular weight excluding hydrogens is 171 g/mol. The van der Waals surface area contributed by atoms with Gasteiger partial charge in [-0.2, -0.15) is 0 Å². The van der Waals surface area contributed by atoms with Crippen molar-refractivity contribution in [3.8, 4) is 0 Å². The van der Waals surface area contributed by atoms with E-state index < -0.39 is 0 Å². The second-order valence-electron chi connectivity index (χ2n) is 3.72. The predicted octanol–water partition coefficient (Wildman–Crippen LogP) is 2.80. The van der Waals surface area contributed by atoms with E-state index in [9.17, 15) is 0 Å². The molecule has 0 atom stereocenters. The van der Waals surface area contributed by atoms with Crippen LogP contribution in [-0.2, 0) is 0 Å². The first-order chi connectivity index (χ1) is 6.84. The first kappa shape index (κ1) is 7.74. The summed E-state index contributed by atoms with van der Waals surface area (Å²) in [4.78, 5) is 0. The highest BCUT2D eigenvalue weighted by molar-refractivity contribution is 6.66. The van der Waals surface area contributed by atoms with Crippen LogP contribution in [0.15, 0.2) is 36.4 Å². The van der Waals surface area contributed by atoms with Crippen molar-refractivity contribution in [3.63, 3.8) is 0 Å². The molecule has 1 aliphatic heterocycles. The van der Waals surface area contributed by atoms with Gasteiger partial charge in [0.1, 0.15) is 0 Å². The molecule has 3 rings (SSSR count). The lowest BCUT2D eigenvalue weighted by Crippen LogP contribution is -2.33. The highest BCUT2D eigenvalue weighted by Crippen LogP contribution is 2.33. The van der Waals surface area contributed by atoms with Crippen LogP contribution < -0.4 is 10.5 Å². The number of benzene rings is 2. The van der Waals surface area contributed by atoms with Crippen molar-refractivity contribution in [1.82, 2.24) is 0 Å². The van der Waals surface area contributed by atoms with Crippen LogP contribution in [0, 0.1) is 0 Å². The molecular formula is C11H11BN2. The van der Waals surface area contributed by atoms with E-state index in [0.29, 0.717) is 6.98 Å². The molecule has 1 aliphatic rings. The largest absolute Gasteiger partial charge is 0.409 e. The molecule has 0 fully saturated rings. The maximum absolute atomic E-state index is 3.41. The Morgan fingerprint density at radius 1 is 0.929 bits per heavy atom. The number of anilines is 2. The summed E-state index contributed by atoms with van der Waals surface area (Å²) in [6, 6.07) is 12.7. The molecule has 0 spiro atoms. The van der Waals surface area contributed by atoms with Crippen molar-refractivity contribution in [2.24, 2.45) is 0 Å². The zero-order valence-electron chi connectivity index (χ0n) is 8.04. The minimum absolute atomic E-state index is 0.301. The summed E-state index contributed by atoms with van der Waals surface area (Å²) in [5.74, 6) is 0. The van der Waals surface area contributed by atoms with E-state index >= 15 is 0 Å². The van der Waals surface area contributed by atoms with Crippen molar-refractivity contribution in [1.29, 1.82) is 0 Å². The van der Waals surface area contributed by atoms with Crippen LogP contribution in [0.1, 0.15) is 0 Å². The molecule has 0 unspecified atom stereocenters. The second-order valence-corrected chi connectivity index (χ2v) is 3.72. The molecule has 0 saturated heterocycles. The van der Waals surface area contributed by atoms with E-state index in [1.165, 1.54) is 22.1 Å². The number of hydrogen-bond donors (Lipinski definition) is 2. The lowest BCUT2D eigenvalue weighted by molar-refractivity contribution is 1.59. The number of nitrogens with one attached hydrogen (secondary N) is 2. The van der Waals surface area contributed by atoms with Crippen LogP contribution in [0.3, 0.4) is 0 Å². The first-order valence-corrected chi connectivity index (χ1v) is 4.89. The third kappa shape index (κ3) is 0.986. The Kier molecular flexibility index (Phi) is 1.48. The summed E-state index contributed by atoms with van der Waals surface area (Å²) in [6.45, 7) is 2.42. The second kappa shape index (κ2) is 2.67. The fourth-order valence-electron chi connectivity index (χ4n) is 2.08. The predicted molar refractivity (Wildman–Crippen MR) is 62.8 cm³/mol. The summed E-state index contributed by atoms with van der Waals surface area (Å²) in [7, 11) is 0. The van der Waals surface area contributed by atoms with Crippen LogP contribution in [0.2, 0.25) is 6.82 Å². The summed E-state index contributed by atoms with van der Waals surface area (Å²) < 4.78 is 0. The average molecular weight is 182 g/mol.